The van der Waals surface area contributed by atoms with E-state index in [4.69, 9.17) is 4.42 Å². The molecule has 0 aliphatic rings. The molecule has 0 bridgehead atoms. The SMILES string of the molecule is CCSc1cccc(C(=O)Nc2nnc(-c3sc(C)nc3C)o2)c1. The molecule has 3 aromatic rings. The molecule has 0 spiro atoms. The molecule has 0 radical (unpaired) electrons. The van der Waals surface area contributed by atoms with Crippen LogP contribution in [0.1, 0.15) is 28.0 Å². The van der Waals surface area contributed by atoms with Crippen LogP contribution in [0.5, 0.6) is 0 Å². The van der Waals surface area contributed by atoms with E-state index in [2.05, 4.69) is 27.4 Å². The third kappa shape index (κ3) is 3.65. The van der Waals surface area contributed by atoms with Crippen LogP contribution < -0.4 is 5.32 Å². The molecular weight excluding hydrogens is 344 g/mol. The normalized spacial score (nSPS) is 10.8. The van der Waals surface area contributed by atoms with Gasteiger partial charge in [0.25, 0.3) is 11.8 Å². The molecule has 8 heteroatoms. The maximum atomic E-state index is 12.3. The average Bonchev–Trinajstić information content (AvgIpc) is 3.14. The molecule has 2 heterocycles. The predicted molar refractivity (Wildman–Crippen MR) is 95.7 cm³/mol. The molecule has 0 saturated carbocycles. The summed E-state index contributed by atoms with van der Waals surface area (Å²) in [4.78, 5) is 18.5. The van der Waals surface area contributed by atoms with E-state index in [0.717, 1.165) is 26.2 Å². The van der Waals surface area contributed by atoms with Crippen LogP contribution >= 0.6 is 23.1 Å². The fraction of sp³-hybridized carbons (Fsp3) is 0.250. The van der Waals surface area contributed by atoms with Gasteiger partial charge in [-0.05, 0) is 37.8 Å². The third-order valence-electron chi connectivity index (χ3n) is 3.15. The van der Waals surface area contributed by atoms with Crippen LogP contribution in [0.15, 0.2) is 33.6 Å². The summed E-state index contributed by atoms with van der Waals surface area (Å²) in [5, 5.41) is 11.4. The summed E-state index contributed by atoms with van der Waals surface area (Å²) in [5.74, 6) is 1.04. The van der Waals surface area contributed by atoms with Gasteiger partial charge in [-0.1, -0.05) is 18.1 Å². The smallest absolute Gasteiger partial charge is 0.322 e. The number of nitrogens with zero attached hydrogens (tertiary/aromatic N) is 3. The largest absolute Gasteiger partial charge is 0.402 e. The Hall–Kier alpha value is -2.19. The number of hydrogen-bond donors (Lipinski definition) is 1. The Morgan fingerprint density at radius 3 is 2.88 bits per heavy atom. The van der Waals surface area contributed by atoms with Crippen LogP contribution in [-0.4, -0.2) is 26.8 Å². The summed E-state index contributed by atoms with van der Waals surface area (Å²) in [7, 11) is 0. The van der Waals surface area contributed by atoms with E-state index in [-0.39, 0.29) is 11.9 Å². The Morgan fingerprint density at radius 1 is 1.33 bits per heavy atom. The minimum Gasteiger partial charge on any atom is -0.402 e. The van der Waals surface area contributed by atoms with Crippen LogP contribution in [0.3, 0.4) is 0 Å². The van der Waals surface area contributed by atoms with Crippen LogP contribution in [0.2, 0.25) is 0 Å². The van der Waals surface area contributed by atoms with Gasteiger partial charge in [0.15, 0.2) is 0 Å². The van der Waals surface area contributed by atoms with Crippen molar-refractivity contribution in [2.24, 2.45) is 0 Å². The van der Waals surface area contributed by atoms with E-state index in [1.165, 1.54) is 11.3 Å². The van der Waals surface area contributed by atoms with Gasteiger partial charge >= 0.3 is 6.01 Å². The van der Waals surface area contributed by atoms with Crippen LogP contribution in [0.25, 0.3) is 10.8 Å². The van der Waals surface area contributed by atoms with Crippen molar-refractivity contribution in [1.29, 1.82) is 0 Å². The number of hydrogen-bond acceptors (Lipinski definition) is 7. The van der Waals surface area contributed by atoms with Crippen molar-refractivity contribution >= 4 is 35.0 Å². The van der Waals surface area contributed by atoms with Gasteiger partial charge in [-0.25, -0.2) is 4.98 Å². The molecule has 1 aromatic carbocycles. The zero-order valence-electron chi connectivity index (χ0n) is 13.5. The standard InChI is InChI=1S/C16H16N4O2S2/c1-4-23-12-7-5-6-11(8-12)14(21)18-16-20-19-15(22-16)13-9(2)17-10(3)24-13/h5-8H,4H2,1-3H3,(H,18,20,21). The topological polar surface area (TPSA) is 80.9 Å². The first kappa shape index (κ1) is 16.7. The molecule has 1 N–H and O–H groups in total. The number of carbonyl (C=O) groups excluding carboxylic acids is 1. The number of benzene rings is 1. The minimum atomic E-state index is -0.277. The highest BCUT2D eigenvalue weighted by Gasteiger charge is 2.16. The molecule has 0 aliphatic heterocycles. The number of anilines is 1. The first-order valence-corrected chi connectivity index (χ1v) is 9.19. The second-order valence-corrected chi connectivity index (χ2v) is 7.52. The number of thioether (sulfide) groups is 1. The van der Waals surface area contributed by atoms with Crippen molar-refractivity contribution in [2.45, 2.75) is 25.7 Å². The monoisotopic (exact) mass is 360 g/mol. The van der Waals surface area contributed by atoms with Crippen molar-refractivity contribution in [3.8, 4) is 10.8 Å². The Kier molecular flexibility index (Phi) is 4.96. The fourth-order valence-electron chi connectivity index (χ4n) is 2.16. The molecule has 3 rings (SSSR count). The lowest BCUT2D eigenvalue weighted by molar-refractivity contribution is 0.102. The second-order valence-electron chi connectivity index (χ2n) is 4.97. The van der Waals surface area contributed by atoms with Crippen LogP contribution in [-0.2, 0) is 0 Å². The molecule has 0 unspecified atom stereocenters. The van der Waals surface area contributed by atoms with Gasteiger partial charge in [-0.2, -0.15) is 0 Å². The third-order valence-corrected chi connectivity index (χ3v) is 5.09. The van der Waals surface area contributed by atoms with E-state index in [9.17, 15) is 4.79 Å². The Morgan fingerprint density at radius 2 is 2.17 bits per heavy atom. The molecule has 0 fully saturated rings. The van der Waals surface area contributed by atoms with Gasteiger partial charge < -0.3 is 4.42 Å². The van der Waals surface area contributed by atoms with E-state index in [0.29, 0.717) is 11.5 Å². The lowest BCUT2D eigenvalue weighted by Gasteiger charge is -2.03. The Labute approximate surface area is 147 Å². The van der Waals surface area contributed by atoms with Gasteiger partial charge in [0.2, 0.25) is 0 Å². The van der Waals surface area contributed by atoms with Crippen LogP contribution in [0, 0.1) is 13.8 Å². The van der Waals surface area contributed by atoms with Crippen molar-refractivity contribution in [1.82, 2.24) is 15.2 Å². The molecule has 124 valence electrons. The van der Waals surface area contributed by atoms with Gasteiger partial charge in [0, 0.05) is 10.5 Å². The molecule has 24 heavy (non-hydrogen) atoms. The number of thiazole rings is 1. The lowest BCUT2D eigenvalue weighted by Crippen LogP contribution is -2.12. The van der Waals surface area contributed by atoms with Crippen LogP contribution in [0.4, 0.5) is 6.01 Å². The first-order valence-electron chi connectivity index (χ1n) is 7.39. The van der Waals surface area contributed by atoms with Crippen molar-refractivity contribution in [3.05, 3.63) is 40.5 Å². The maximum Gasteiger partial charge on any atom is 0.322 e. The van der Waals surface area contributed by atoms with Gasteiger partial charge in [-0.15, -0.1) is 28.2 Å². The van der Waals surface area contributed by atoms with Gasteiger partial charge in [0.05, 0.1) is 10.7 Å². The highest BCUT2D eigenvalue weighted by atomic mass is 32.2. The zero-order chi connectivity index (χ0) is 17.1. The van der Waals surface area contributed by atoms with E-state index >= 15 is 0 Å². The van der Waals surface area contributed by atoms with Gasteiger partial charge in [-0.3, -0.25) is 10.1 Å². The van der Waals surface area contributed by atoms with Crippen molar-refractivity contribution in [2.75, 3.05) is 11.1 Å². The number of amides is 1. The summed E-state index contributed by atoms with van der Waals surface area (Å²) in [5.41, 5.74) is 1.39. The highest BCUT2D eigenvalue weighted by molar-refractivity contribution is 7.99. The summed E-state index contributed by atoms with van der Waals surface area (Å²) >= 11 is 3.16. The lowest BCUT2D eigenvalue weighted by atomic mass is 10.2. The summed E-state index contributed by atoms with van der Waals surface area (Å²) in [6.45, 7) is 5.88. The molecule has 0 saturated heterocycles. The Bertz CT molecular complexity index is 873. The number of rotatable bonds is 5. The molecule has 1 amide bonds. The number of carbonyl (C=O) groups is 1. The van der Waals surface area contributed by atoms with Crippen molar-refractivity contribution < 1.29 is 9.21 Å². The van der Waals surface area contributed by atoms with Gasteiger partial charge in [0.1, 0.15) is 4.88 Å². The summed E-state index contributed by atoms with van der Waals surface area (Å²) in [6.07, 6.45) is 0. The Balaban J connectivity index is 1.76. The molecule has 2 aromatic heterocycles. The van der Waals surface area contributed by atoms with E-state index in [1.54, 1.807) is 17.8 Å². The predicted octanol–water partition coefficient (Wildman–Crippen LogP) is 4.17. The quantitative estimate of drug-likeness (QED) is 0.688. The molecular formula is C16H16N4O2S2. The second kappa shape index (κ2) is 7.14. The fourth-order valence-corrected chi connectivity index (χ4v) is 3.72. The highest BCUT2D eigenvalue weighted by Crippen LogP contribution is 2.29. The molecule has 0 atom stereocenters. The minimum absolute atomic E-state index is 0.0778. The first-order chi connectivity index (χ1) is 11.6. The average molecular weight is 360 g/mol. The molecule has 6 nitrogen and oxygen atoms in total. The van der Waals surface area contributed by atoms with Crippen molar-refractivity contribution in [3.63, 3.8) is 0 Å². The zero-order valence-corrected chi connectivity index (χ0v) is 15.1. The maximum absolute atomic E-state index is 12.3. The van der Waals surface area contributed by atoms with E-state index in [1.807, 2.05) is 32.0 Å². The number of aromatic nitrogens is 3. The summed E-state index contributed by atoms with van der Waals surface area (Å²) in [6, 6.07) is 7.51. The molecule has 0 aliphatic carbocycles. The van der Waals surface area contributed by atoms with E-state index < -0.39 is 0 Å². The number of nitrogens with one attached hydrogen (secondary N) is 1. The summed E-state index contributed by atoms with van der Waals surface area (Å²) < 4.78 is 5.54. The number of aryl methyl sites for hydroxylation is 2.